The molecule has 38 nitrogen and oxygen atoms in total. The van der Waals surface area contributed by atoms with Crippen molar-refractivity contribution >= 4 is 121 Å². The molecule has 0 unspecified atom stereocenters. The molecule has 3 heterocycles. The van der Waals surface area contributed by atoms with Gasteiger partial charge in [0, 0.05) is 54.3 Å². The van der Waals surface area contributed by atoms with E-state index >= 15 is 14.4 Å². The van der Waals surface area contributed by atoms with E-state index in [1.165, 1.54) is 0 Å². The van der Waals surface area contributed by atoms with E-state index in [0.29, 0.717) is 78.2 Å². The van der Waals surface area contributed by atoms with Crippen LogP contribution in [0.25, 0.3) is 10.9 Å². The molecule has 658 valence electrons. The number of carbonyl (C=O) groups excluding carboxylic acids is 15. The van der Waals surface area contributed by atoms with Gasteiger partial charge in [-0.3, -0.25) is 71.9 Å². The second kappa shape index (κ2) is 50.8. The number of aromatic nitrogens is 1. The van der Waals surface area contributed by atoms with Crippen LogP contribution in [0.3, 0.4) is 0 Å². The summed E-state index contributed by atoms with van der Waals surface area (Å²) in [7, 11) is 1.74. The summed E-state index contributed by atoms with van der Waals surface area (Å²) in [5.41, 5.74) is 31.6. The zero-order chi connectivity index (χ0) is 87.9. The number of aromatic amines is 1. The lowest BCUT2D eigenvalue weighted by molar-refractivity contribution is -0.137. The number of amides is 15. The molecule has 2 aliphatic heterocycles. The van der Waals surface area contributed by atoms with Crippen molar-refractivity contribution in [3.63, 3.8) is 0 Å². The average molecular weight is 1720 g/mol. The molecule has 0 spiro atoms. The normalized spacial score (nSPS) is 24.2. The number of benzene rings is 4. The predicted octanol–water partition coefficient (Wildman–Crippen LogP) is -5.00. The molecular formula is C81H114N20O18S2. The molecule has 0 aliphatic carbocycles. The van der Waals surface area contributed by atoms with E-state index in [4.69, 9.17) is 28.7 Å². The molecule has 28 N–H and O–H groups in total. The van der Waals surface area contributed by atoms with Gasteiger partial charge in [-0.15, -0.1) is 0 Å². The molecule has 7 rings (SSSR count). The fraction of sp³-hybridized carbons (Fsp3) is 0.494. The summed E-state index contributed by atoms with van der Waals surface area (Å²) >= 11 is 0. The number of primary amides is 2. The van der Waals surface area contributed by atoms with Crippen LogP contribution in [0, 0.1) is 0 Å². The largest absolute Gasteiger partial charge is 0.394 e. The van der Waals surface area contributed by atoms with Gasteiger partial charge in [0.2, 0.25) is 88.6 Å². The lowest BCUT2D eigenvalue weighted by Gasteiger charge is -2.29. The first-order valence-corrected chi connectivity index (χ1v) is 42.8. The number of carbonyl (C=O) groups is 15. The molecule has 4 aromatic carbocycles. The Morgan fingerprint density at radius 3 is 1.35 bits per heavy atom. The number of aliphatic hydroxyl groups excluding tert-OH is 3. The van der Waals surface area contributed by atoms with Crippen molar-refractivity contribution in [3.8, 4) is 0 Å². The Kier molecular flexibility index (Phi) is 40.8. The topological polar surface area (TPSA) is 631 Å². The van der Waals surface area contributed by atoms with Crippen LogP contribution in [-0.4, -0.2) is 250 Å². The number of hydrogen-bond donors (Lipinski definition) is 23. The van der Waals surface area contributed by atoms with Crippen molar-refractivity contribution in [1.82, 2.24) is 79.4 Å². The zero-order valence-corrected chi connectivity index (χ0v) is 69.0. The maximum absolute atomic E-state index is 15.4. The molecule has 121 heavy (non-hydrogen) atoms. The van der Waals surface area contributed by atoms with Crippen LogP contribution < -0.4 is 103 Å². The van der Waals surface area contributed by atoms with E-state index in [1.807, 2.05) is 0 Å². The van der Waals surface area contributed by atoms with E-state index in [2.05, 4.69) is 79.4 Å². The Balaban J connectivity index is 1.33. The second-order valence-corrected chi connectivity index (χ2v) is 32.2. The third kappa shape index (κ3) is 31.8. The second-order valence-electron chi connectivity index (χ2n) is 29.6. The molecule has 0 saturated carbocycles. The molecule has 2 aliphatic rings. The highest BCUT2D eigenvalue weighted by Gasteiger charge is 2.40. The van der Waals surface area contributed by atoms with Gasteiger partial charge in [0.15, 0.2) is 0 Å². The van der Waals surface area contributed by atoms with Crippen molar-refractivity contribution in [3.05, 3.63) is 144 Å². The number of para-hydroxylation sites is 1. The van der Waals surface area contributed by atoms with Crippen LogP contribution in [-0.2, 0) is 97.6 Å². The molecule has 15 atom stereocenters. The Hall–Kier alpha value is -11.1. The van der Waals surface area contributed by atoms with E-state index < -0.39 is 205 Å². The molecule has 2 fully saturated rings. The molecule has 5 aromatic rings. The van der Waals surface area contributed by atoms with Gasteiger partial charge in [0.1, 0.15) is 78.5 Å². The SMILES string of the molecule is C[C@@H](O)[C@@H]1NC(=O)[C@H](CCCCN)NC(=O)[C@@H](Cc2c[nH]c3ccccc23)NC(=O)[C@H](Cc2ccccc2)NC(=O)[C@H](Cc2ccccc2)NC(=O)[C@H](CC(N)=O)NC(=O)[C@@H](CCCCN)NC(=O)[C@H](NC(=O)[C@@H]2CCCN2)CSSC[C@@H](C(=O)N[C@@H](CCCCN)C(N)=O)NC(=O)[C@H](CO)NC(=O)[C@@H](CO)NC(=O)[C@@H](Cc2ccccc2)NC1=O. The van der Waals surface area contributed by atoms with Gasteiger partial charge in [0.25, 0.3) is 0 Å². The lowest BCUT2D eigenvalue weighted by Crippen LogP contribution is -2.63. The van der Waals surface area contributed by atoms with Gasteiger partial charge in [-0.25, -0.2) is 0 Å². The number of H-pyrrole nitrogens is 1. The lowest BCUT2D eigenvalue weighted by atomic mass is 10.00. The van der Waals surface area contributed by atoms with Crippen LogP contribution in [0.5, 0.6) is 0 Å². The fourth-order valence-corrected chi connectivity index (χ4v) is 15.8. The first-order valence-electron chi connectivity index (χ1n) is 40.3. The fourth-order valence-electron chi connectivity index (χ4n) is 13.4. The summed E-state index contributed by atoms with van der Waals surface area (Å²) < 4.78 is 0. The summed E-state index contributed by atoms with van der Waals surface area (Å²) in [6, 6.07) is 9.28. The predicted molar refractivity (Wildman–Crippen MR) is 451 cm³/mol. The van der Waals surface area contributed by atoms with E-state index in [0.717, 1.165) is 28.5 Å². The number of aliphatic hydroxyl groups is 3. The van der Waals surface area contributed by atoms with Crippen LogP contribution in [0.4, 0.5) is 0 Å². The minimum Gasteiger partial charge on any atom is -0.394 e. The van der Waals surface area contributed by atoms with Crippen molar-refractivity contribution in [2.75, 3.05) is 50.9 Å². The highest BCUT2D eigenvalue weighted by Crippen LogP contribution is 2.25. The minimum absolute atomic E-state index is 0.00718. The Morgan fingerprint density at radius 2 is 0.868 bits per heavy atom. The van der Waals surface area contributed by atoms with Crippen molar-refractivity contribution < 1.29 is 87.2 Å². The molecule has 15 amide bonds. The zero-order valence-electron chi connectivity index (χ0n) is 67.3. The van der Waals surface area contributed by atoms with Crippen LogP contribution in [0.1, 0.15) is 106 Å². The van der Waals surface area contributed by atoms with Crippen LogP contribution in [0.15, 0.2) is 121 Å². The molecular weight excluding hydrogens is 1610 g/mol. The van der Waals surface area contributed by atoms with Crippen molar-refractivity contribution in [2.45, 2.75) is 200 Å². The van der Waals surface area contributed by atoms with E-state index in [9.17, 15) is 72.9 Å². The summed E-state index contributed by atoms with van der Waals surface area (Å²) in [6.07, 6.45) is 0.273. The molecule has 0 radical (unpaired) electrons. The summed E-state index contributed by atoms with van der Waals surface area (Å²) in [6.45, 7) is -0.246. The van der Waals surface area contributed by atoms with Gasteiger partial charge in [-0.1, -0.05) is 131 Å². The summed E-state index contributed by atoms with van der Waals surface area (Å²) in [5.74, 6) is -16.4. The quantitative estimate of drug-likeness (QED) is 0.0151. The number of hydrogen-bond acceptors (Lipinski definition) is 24. The maximum atomic E-state index is 15.4. The number of nitrogens with one attached hydrogen (secondary N) is 15. The first-order chi connectivity index (χ1) is 58.1. The highest BCUT2D eigenvalue weighted by atomic mass is 33.1. The molecule has 2 saturated heterocycles. The average Bonchev–Trinajstić information content (AvgIpc) is 1.70. The molecule has 0 bridgehead atoms. The van der Waals surface area contributed by atoms with Crippen molar-refractivity contribution in [2.24, 2.45) is 28.7 Å². The first kappa shape index (κ1) is 97.0. The standard InChI is InChI=1S/C81H114N20O18S2/c1-46(104)67-81(119)96-59(38-49-24-9-4-10-25-49)74(112)97-62(42-102)77(115)98-63(43-103)78(116)100-64(79(117)89-53(68(86)106)28-13-16-32-82)44-120-121-45-65(99-69(107)54-31-19-35-87-54)80(118)91-55(29-14-17-33-83)70(108)95-61(40-66(85)105)76(114)93-57(36-47-20-5-2-6-21-47)72(110)92-58(37-48-22-7-3-8-23-48)73(111)94-60(39-50-41-88-52-27-12-11-26-51(50)52)75(113)90-56(71(109)101-67)30-15-18-34-84/h2-12,20-27,41,46,53-65,67,87-88,102-104H,13-19,28-40,42-45,82-84H2,1H3,(H2,85,105)(H2,86,106)(H,89,117)(H,90,113)(H,91,118)(H,92,110)(H,93,114)(H,94,111)(H,95,108)(H,96,119)(H,97,112)(H,98,115)(H,99,107)(H,100,116)(H,101,109)/t46-,53+,54+,55-,56+,57+,58+,59-,60-,61+,62-,63+,64+,65-,67+/m1/s1. The van der Waals surface area contributed by atoms with Gasteiger partial charge in [-0.05, 0) is 132 Å². The monoisotopic (exact) mass is 1720 g/mol. The Labute approximate surface area is 707 Å². The Bertz CT molecular complexity index is 4280. The Morgan fingerprint density at radius 1 is 0.455 bits per heavy atom. The summed E-state index contributed by atoms with van der Waals surface area (Å²) in [4.78, 5) is 221. The third-order valence-corrected chi connectivity index (χ3v) is 22.6. The number of fused-ring (bicyclic) bond motifs is 1. The number of rotatable bonds is 30. The maximum Gasteiger partial charge on any atom is 0.245 e. The van der Waals surface area contributed by atoms with E-state index in [1.54, 1.807) is 121 Å². The van der Waals surface area contributed by atoms with Gasteiger partial charge in [-0.2, -0.15) is 0 Å². The van der Waals surface area contributed by atoms with Gasteiger partial charge in [0.05, 0.1) is 31.8 Å². The van der Waals surface area contributed by atoms with Gasteiger partial charge >= 0.3 is 0 Å². The van der Waals surface area contributed by atoms with Crippen molar-refractivity contribution in [1.29, 1.82) is 0 Å². The minimum atomic E-state index is -1.96. The summed E-state index contributed by atoms with van der Waals surface area (Å²) in [5, 5.41) is 70.0. The van der Waals surface area contributed by atoms with Crippen LogP contribution in [0.2, 0.25) is 0 Å². The van der Waals surface area contributed by atoms with Gasteiger partial charge < -0.3 is 123 Å². The number of unbranched alkanes of at least 4 members (excludes halogenated alkanes) is 3. The highest BCUT2D eigenvalue weighted by molar-refractivity contribution is 8.76. The van der Waals surface area contributed by atoms with Crippen LogP contribution >= 0.6 is 21.6 Å². The molecule has 1 aromatic heterocycles. The van der Waals surface area contributed by atoms with E-state index in [-0.39, 0.29) is 83.2 Å². The smallest absolute Gasteiger partial charge is 0.245 e. The third-order valence-electron chi connectivity index (χ3n) is 20.2. The molecule has 40 heteroatoms. The number of nitrogens with two attached hydrogens (primary N) is 5.